The predicted octanol–water partition coefficient (Wildman–Crippen LogP) is 2.83. The van der Waals surface area contributed by atoms with Crippen LogP contribution in [0.1, 0.15) is 37.1 Å². The molecule has 0 radical (unpaired) electrons. The van der Waals surface area contributed by atoms with Gasteiger partial charge in [0.1, 0.15) is 11.8 Å². The number of aryl methyl sites for hydroxylation is 1. The summed E-state index contributed by atoms with van der Waals surface area (Å²) in [5.74, 6) is 1.27. The van der Waals surface area contributed by atoms with Gasteiger partial charge >= 0.3 is 0 Å². The average Bonchev–Trinajstić information content (AvgIpc) is 3.16. The van der Waals surface area contributed by atoms with E-state index in [1.807, 2.05) is 0 Å². The summed E-state index contributed by atoms with van der Waals surface area (Å²) in [6.07, 6.45) is 5.93. The van der Waals surface area contributed by atoms with Crippen molar-refractivity contribution in [2.75, 3.05) is 18.4 Å². The smallest absolute Gasteiger partial charge is 0.229 e. The molecule has 0 atom stereocenters. The quantitative estimate of drug-likeness (QED) is 0.750. The molecule has 3 N–H and O–H groups in total. The second-order valence-corrected chi connectivity index (χ2v) is 6.86. The fourth-order valence-electron chi connectivity index (χ4n) is 3.65. The molecular weight excluding hydrogens is 302 g/mol. The lowest BCUT2D eigenvalue weighted by atomic mass is 9.99. The first-order valence-electron chi connectivity index (χ1n) is 8.70. The molecule has 1 aliphatic rings. The normalized spacial score (nSPS) is 14.0. The van der Waals surface area contributed by atoms with E-state index in [0.717, 1.165) is 30.2 Å². The van der Waals surface area contributed by atoms with Crippen LogP contribution in [0.5, 0.6) is 0 Å². The summed E-state index contributed by atoms with van der Waals surface area (Å²) in [4.78, 5) is 13.7. The average molecular weight is 325 g/mol. The number of aromatic nitrogens is 3. The van der Waals surface area contributed by atoms with Crippen LogP contribution in [0, 0.1) is 5.92 Å². The highest BCUT2D eigenvalue weighted by molar-refractivity contribution is 6.06. The van der Waals surface area contributed by atoms with Gasteiger partial charge in [0, 0.05) is 18.8 Å². The first kappa shape index (κ1) is 15.3. The number of nitrogens with two attached hydrogens (primary N) is 1. The Morgan fingerprint density at radius 2 is 2.08 bits per heavy atom. The summed E-state index contributed by atoms with van der Waals surface area (Å²) in [6, 6.07) is 0. The molecule has 1 aliphatic carbocycles. The maximum Gasteiger partial charge on any atom is 0.229 e. The minimum Gasteiger partial charge on any atom is -0.432 e. The largest absolute Gasteiger partial charge is 0.432 e. The number of rotatable bonds is 5. The highest BCUT2D eigenvalue weighted by atomic mass is 16.3. The lowest BCUT2D eigenvalue weighted by Gasteiger charge is -2.10. The number of pyridine rings is 1. The minimum absolute atomic E-state index is 0.540. The lowest BCUT2D eigenvalue weighted by Crippen LogP contribution is -2.14. The summed E-state index contributed by atoms with van der Waals surface area (Å²) < 4.78 is 6.09. The third kappa shape index (κ3) is 2.41. The Morgan fingerprint density at radius 1 is 1.25 bits per heavy atom. The Hall–Kier alpha value is -2.21. The highest BCUT2D eigenvalue weighted by Gasteiger charge is 2.25. The maximum atomic E-state index is 6.09. The molecule has 0 unspecified atom stereocenters. The maximum absolute atomic E-state index is 6.09. The SMILES string of the molecule is CC(C)Cc1nc2oc3c(NCCN)ncnc3c2c2c1CCC2. The molecule has 0 aliphatic heterocycles. The molecular formula is C18H23N5O. The van der Waals surface area contributed by atoms with Gasteiger partial charge in [-0.25, -0.2) is 15.0 Å². The van der Waals surface area contributed by atoms with Crippen LogP contribution < -0.4 is 11.1 Å². The van der Waals surface area contributed by atoms with E-state index in [9.17, 15) is 0 Å². The van der Waals surface area contributed by atoms with Crippen molar-refractivity contribution in [2.45, 2.75) is 39.5 Å². The molecule has 24 heavy (non-hydrogen) atoms. The van der Waals surface area contributed by atoms with Gasteiger partial charge in [0.2, 0.25) is 5.71 Å². The number of hydrogen-bond donors (Lipinski definition) is 2. The molecule has 6 heteroatoms. The van der Waals surface area contributed by atoms with Gasteiger partial charge < -0.3 is 15.5 Å². The molecule has 0 spiro atoms. The zero-order valence-corrected chi connectivity index (χ0v) is 14.2. The van der Waals surface area contributed by atoms with Crippen LogP contribution in [-0.2, 0) is 19.3 Å². The van der Waals surface area contributed by atoms with E-state index in [0.29, 0.717) is 36.1 Å². The van der Waals surface area contributed by atoms with Crippen LogP contribution in [0.3, 0.4) is 0 Å². The third-order valence-corrected chi connectivity index (χ3v) is 4.60. The molecule has 0 aromatic carbocycles. The summed E-state index contributed by atoms with van der Waals surface area (Å²) >= 11 is 0. The van der Waals surface area contributed by atoms with Gasteiger partial charge in [-0.05, 0) is 42.7 Å². The Morgan fingerprint density at radius 3 is 2.88 bits per heavy atom. The van der Waals surface area contributed by atoms with E-state index >= 15 is 0 Å². The van der Waals surface area contributed by atoms with Crippen LogP contribution in [0.2, 0.25) is 0 Å². The standard InChI is InChI=1S/C18H23N5O/c1-10(2)8-13-11-4-3-5-12(11)14-15-16(24-18(14)23-13)17(20-7-6-19)22-9-21-15/h9-10H,3-8,19H2,1-2H3,(H,20,21,22). The molecule has 0 bridgehead atoms. The van der Waals surface area contributed by atoms with Crippen molar-refractivity contribution in [3.05, 3.63) is 23.1 Å². The fourth-order valence-corrected chi connectivity index (χ4v) is 3.65. The highest BCUT2D eigenvalue weighted by Crippen LogP contribution is 2.38. The number of nitrogens with one attached hydrogen (secondary N) is 1. The molecule has 0 fully saturated rings. The zero-order chi connectivity index (χ0) is 16.7. The molecule has 6 nitrogen and oxygen atoms in total. The Bertz CT molecular complexity index is 899. The lowest BCUT2D eigenvalue weighted by molar-refractivity contribution is 0.616. The summed E-state index contributed by atoms with van der Waals surface area (Å²) in [6.45, 7) is 5.64. The van der Waals surface area contributed by atoms with Crippen molar-refractivity contribution in [3.8, 4) is 0 Å². The van der Waals surface area contributed by atoms with E-state index < -0.39 is 0 Å². The van der Waals surface area contributed by atoms with E-state index in [-0.39, 0.29) is 0 Å². The summed E-state index contributed by atoms with van der Waals surface area (Å²) in [5, 5.41) is 4.29. The van der Waals surface area contributed by atoms with E-state index in [4.69, 9.17) is 15.1 Å². The van der Waals surface area contributed by atoms with Gasteiger partial charge in [0.25, 0.3) is 0 Å². The van der Waals surface area contributed by atoms with Crippen LogP contribution in [-0.4, -0.2) is 28.0 Å². The Balaban J connectivity index is 1.96. The molecule has 126 valence electrons. The van der Waals surface area contributed by atoms with Crippen molar-refractivity contribution in [3.63, 3.8) is 0 Å². The minimum atomic E-state index is 0.540. The summed E-state index contributed by atoms with van der Waals surface area (Å²) in [5.41, 5.74) is 11.8. The van der Waals surface area contributed by atoms with E-state index in [1.165, 1.54) is 23.2 Å². The molecule has 4 rings (SSSR count). The van der Waals surface area contributed by atoms with Gasteiger partial charge in [-0.2, -0.15) is 0 Å². The van der Waals surface area contributed by atoms with Crippen molar-refractivity contribution in [2.24, 2.45) is 11.7 Å². The number of hydrogen-bond acceptors (Lipinski definition) is 6. The number of anilines is 1. The van der Waals surface area contributed by atoms with Gasteiger partial charge in [-0.1, -0.05) is 13.8 Å². The van der Waals surface area contributed by atoms with Gasteiger partial charge in [0.05, 0.1) is 5.39 Å². The zero-order valence-electron chi connectivity index (χ0n) is 14.2. The van der Waals surface area contributed by atoms with Crippen LogP contribution >= 0.6 is 0 Å². The predicted molar refractivity (Wildman–Crippen MR) is 95.2 cm³/mol. The van der Waals surface area contributed by atoms with Crippen molar-refractivity contribution in [1.82, 2.24) is 15.0 Å². The van der Waals surface area contributed by atoms with Gasteiger partial charge in [-0.3, -0.25) is 0 Å². The third-order valence-electron chi connectivity index (χ3n) is 4.60. The Kier molecular flexibility index (Phi) is 3.84. The number of furan rings is 1. The van der Waals surface area contributed by atoms with Crippen LogP contribution in [0.25, 0.3) is 22.2 Å². The first-order valence-corrected chi connectivity index (χ1v) is 8.70. The second kappa shape index (κ2) is 6.02. The van der Waals surface area contributed by atoms with Crippen molar-refractivity contribution < 1.29 is 4.42 Å². The molecule has 3 aromatic heterocycles. The fraction of sp³-hybridized carbons (Fsp3) is 0.500. The summed E-state index contributed by atoms with van der Waals surface area (Å²) in [7, 11) is 0. The van der Waals surface area contributed by atoms with Crippen molar-refractivity contribution >= 4 is 28.0 Å². The number of nitrogens with zero attached hydrogens (tertiary/aromatic N) is 3. The molecule has 0 amide bonds. The second-order valence-electron chi connectivity index (χ2n) is 6.86. The molecule has 3 aromatic rings. The van der Waals surface area contributed by atoms with Crippen LogP contribution in [0.4, 0.5) is 5.82 Å². The molecule has 0 saturated carbocycles. The Labute approximate surface area is 140 Å². The van der Waals surface area contributed by atoms with Crippen molar-refractivity contribution in [1.29, 1.82) is 0 Å². The van der Waals surface area contributed by atoms with Gasteiger partial charge in [0.15, 0.2) is 11.4 Å². The van der Waals surface area contributed by atoms with E-state index in [2.05, 4.69) is 29.1 Å². The van der Waals surface area contributed by atoms with Gasteiger partial charge in [-0.15, -0.1) is 0 Å². The molecule has 0 saturated heterocycles. The topological polar surface area (TPSA) is 89.9 Å². The monoisotopic (exact) mass is 325 g/mol. The first-order chi connectivity index (χ1) is 11.7. The van der Waals surface area contributed by atoms with E-state index in [1.54, 1.807) is 6.33 Å². The number of fused-ring (bicyclic) bond motifs is 5. The van der Waals surface area contributed by atoms with Crippen LogP contribution in [0.15, 0.2) is 10.7 Å². The molecule has 3 heterocycles.